The molecule has 8 heteroatoms. The van der Waals surface area contributed by atoms with Gasteiger partial charge >= 0.3 is 11.9 Å². The Hall–Kier alpha value is -2.00. The molecule has 2 N–H and O–H groups in total. The molecule has 2 fully saturated rings. The van der Waals surface area contributed by atoms with Gasteiger partial charge in [-0.3, -0.25) is 10.6 Å². The molecule has 26 heavy (non-hydrogen) atoms. The summed E-state index contributed by atoms with van der Waals surface area (Å²) in [5.41, 5.74) is 0.788. The zero-order chi connectivity index (χ0) is 18.2. The van der Waals surface area contributed by atoms with Gasteiger partial charge in [-0.1, -0.05) is 0 Å². The third-order valence-electron chi connectivity index (χ3n) is 4.17. The number of carbonyl (C=O) groups excluding carboxylic acids is 2. The number of benzene rings is 1. The van der Waals surface area contributed by atoms with Gasteiger partial charge in [0.05, 0.1) is 37.6 Å². The van der Waals surface area contributed by atoms with Crippen molar-refractivity contribution in [2.24, 2.45) is 0 Å². The third kappa shape index (κ3) is 5.50. The van der Waals surface area contributed by atoms with Gasteiger partial charge in [0.25, 0.3) is 0 Å². The van der Waals surface area contributed by atoms with Crippen LogP contribution < -0.4 is 10.6 Å². The van der Waals surface area contributed by atoms with E-state index >= 15 is 0 Å². The standard InChI is InChI=1S/C18H24N2O6/c21-17(25-9-5-15-19-7-11-23-15)13-1-2-14(4-3-13)18(22)26-10-6-16-20-8-12-24-16/h1-4,15-16,19-20H,5-12H2. The number of hydrogen-bond acceptors (Lipinski definition) is 8. The Bertz CT molecular complexity index is 541. The Morgan fingerprint density at radius 1 is 0.846 bits per heavy atom. The van der Waals surface area contributed by atoms with E-state index in [0.717, 1.165) is 13.1 Å². The van der Waals surface area contributed by atoms with E-state index in [9.17, 15) is 9.59 Å². The average Bonchev–Trinajstić information content (AvgIpc) is 3.36. The molecule has 0 spiro atoms. The molecule has 2 aliphatic heterocycles. The summed E-state index contributed by atoms with van der Waals surface area (Å²) in [4.78, 5) is 24.0. The molecule has 8 nitrogen and oxygen atoms in total. The lowest BCUT2D eigenvalue weighted by atomic mass is 10.1. The first-order valence-corrected chi connectivity index (χ1v) is 8.86. The maximum atomic E-state index is 12.0. The number of rotatable bonds is 8. The van der Waals surface area contributed by atoms with Gasteiger partial charge in [0.15, 0.2) is 0 Å². The predicted molar refractivity (Wildman–Crippen MR) is 91.7 cm³/mol. The van der Waals surface area contributed by atoms with E-state index in [-0.39, 0.29) is 25.7 Å². The van der Waals surface area contributed by atoms with E-state index < -0.39 is 11.9 Å². The Labute approximate surface area is 152 Å². The van der Waals surface area contributed by atoms with E-state index in [1.165, 1.54) is 0 Å². The Kier molecular flexibility index (Phi) is 6.96. The summed E-state index contributed by atoms with van der Waals surface area (Å²) in [5, 5.41) is 6.30. The quantitative estimate of drug-likeness (QED) is 0.650. The predicted octanol–water partition coefficient (Wildman–Crippen LogP) is 0.672. The molecule has 0 amide bonds. The molecular formula is C18H24N2O6. The zero-order valence-corrected chi connectivity index (χ0v) is 14.6. The molecule has 2 unspecified atom stereocenters. The lowest BCUT2D eigenvalue weighted by Crippen LogP contribution is -2.25. The van der Waals surface area contributed by atoms with Crippen LogP contribution in [0.4, 0.5) is 0 Å². The first-order chi connectivity index (χ1) is 12.7. The summed E-state index contributed by atoms with van der Waals surface area (Å²) in [7, 11) is 0. The SMILES string of the molecule is O=C(OCCC1NCCO1)c1ccc(C(=O)OCCC2NCCO2)cc1. The van der Waals surface area contributed by atoms with Crippen LogP contribution in [0.5, 0.6) is 0 Å². The second-order valence-electron chi connectivity index (χ2n) is 6.05. The monoisotopic (exact) mass is 364 g/mol. The van der Waals surface area contributed by atoms with Crippen molar-refractivity contribution in [2.75, 3.05) is 39.5 Å². The van der Waals surface area contributed by atoms with E-state index in [4.69, 9.17) is 18.9 Å². The fraction of sp³-hybridized carbons (Fsp3) is 0.556. The van der Waals surface area contributed by atoms with Crippen LogP contribution in [-0.2, 0) is 18.9 Å². The molecule has 1 aromatic rings. The summed E-state index contributed by atoms with van der Waals surface area (Å²) >= 11 is 0. The average molecular weight is 364 g/mol. The molecular weight excluding hydrogens is 340 g/mol. The van der Waals surface area contributed by atoms with Crippen LogP contribution in [-0.4, -0.2) is 63.9 Å². The first-order valence-electron chi connectivity index (χ1n) is 8.86. The maximum Gasteiger partial charge on any atom is 0.338 e. The summed E-state index contributed by atoms with van der Waals surface area (Å²) < 4.78 is 21.2. The van der Waals surface area contributed by atoms with Gasteiger partial charge in [-0.2, -0.15) is 0 Å². The Morgan fingerprint density at radius 3 is 1.62 bits per heavy atom. The number of nitrogens with one attached hydrogen (secondary N) is 2. The van der Waals surface area contributed by atoms with Crippen molar-refractivity contribution in [2.45, 2.75) is 25.3 Å². The minimum Gasteiger partial charge on any atom is -0.462 e. The van der Waals surface area contributed by atoms with Gasteiger partial charge in [-0.25, -0.2) is 9.59 Å². The topological polar surface area (TPSA) is 95.1 Å². The van der Waals surface area contributed by atoms with E-state index in [1.807, 2.05) is 0 Å². The molecule has 0 aliphatic carbocycles. The number of esters is 2. The van der Waals surface area contributed by atoms with Crippen molar-refractivity contribution in [3.63, 3.8) is 0 Å². The minimum atomic E-state index is -0.424. The molecule has 0 bridgehead atoms. The van der Waals surface area contributed by atoms with Gasteiger partial charge in [0.2, 0.25) is 0 Å². The van der Waals surface area contributed by atoms with E-state index in [0.29, 0.717) is 37.2 Å². The van der Waals surface area contributed by atoms with E-state index in [1.54, 1.807) is 24.3 Å². The van der Waals surface area contributed by atoms with Gasteiger partial charge in [-0.05, 0) is 24.3 Å². The zero-order valence-electron chi connectivity index (χ0n) is 14.6. The van der Waals surface area contributed by atoms with Crippen LogP contribution in [0.2, 0.25) is 0 Å². The fourth-order valence-corrected chi connectivity index (χ4v) is 2.76. The molecule has 0 radical (unpaired) electrons. The summed E-state index contributed by atoms with van der Waals surface area (Å²) in [6.07, 6.45) is 1.11. The summed E-state index contributed by atoms with van der Waals surface area (Å²) in [6, 6.07) is 6.24. The lowest BCUT2D eigenvalue weighted by molar-refractivity contribution is 0.0346. The van der Waals surface area contributed by atoms with Crippen LogP contribution in [0, 0.1) is 0 Å². The Balaban J connectivity index is 1.38. The highest BCUT2D eigenvalue weighted by atomic mass is 16.5. The van der Waals surface area contributed by atoms with Gasteiger partial charge in [-0.15, -0.1) is 0 Å². The van der Waals surface area contributed by atoms with Gasteiger partial charge in [0, 0.05) is 25.9 Å². The summed E-state index contributed by atoms with van der Waals surface area (Å²) in [6.45, 7) is 3.55. The van der Waals surface area contributed by atoms with Crippen LogP contribution in [0.3, 0.4) is 0 Å². The lowest BCUT2D eigenvalue weighted by Gasteiger charge is -2.11. The second kappa shape index (κ2) is 9.63. The van der Waals surface area contributed by atoms with Crippen LogP contribution in [0.1, 0.15) is 33.6 Å². The normalized spacial score (nSPS) is 22.3. The molecule has 2 heterocycles. The third-order valence-corrected chi connectivity index (χ3v) is 4.17. The maximum absolute atomic E-state index is 12.0. The number of hydrogen-bond donors (Lipinski definition) is 2. The van der Waals surface area contributed by atoms with Crippen molar-refractivity contribution in [1.29, 1.82) is 0 Å². The second-order valence-corrected chi connectivity index (χ2v) is 6.05. The molecule has 142 valence electrons. The largest absolute Gasteiger partial charge is 0.462 e. The van der Waals surface area contributed by atoms with Crippen LogP contribution in [0.25, 0.3) is 0 Å². The van der Waals surface area contributed by atoms with Crippen molar-refractivity contribution >= 4 is 11.9 Å². The Morgan fingerprint density at radius 2 is 1.27 bits per heavy atom. The fourth-order valence-electron chi connectivity index (χ4n) is 2.76. The van der Waals surface area contributed by atoms with Crippen LogP contribution in [0.15, 0.2) is 24.3 Å². The first kappa shape index (κ1) is 18.8. The minimum absolute atomic E-state index is 0.0511. The van der Waals surface area contributed by atoms with Crippen molar-refractivity contribution in [1.82, 2.24) is 10.6 Å². The van der Waals surface area contributed by atoms with Gasteiger partial charge in [0.1, 0.15) is 12.5 Å². The molecule has 2 atom stereocenters. The summed E-state index contributed by atoms with van der Waals surface area (Å²) in [5.74, 6) is -0.847. The highest BCUT2D eigenvalue weighted by Crippen LogP contribution is 2.09. The smallest absolute Gasteiger partial charge is 0.338 e. The molecule has 1 aromatic carbocycles. The van der Waals surface area contributed by atoms with Crippen LogP contribution >= 0.6 is 0 Å². The molecule has 2 aliphatic rings. The van der Waals surface area contributed by atoms with E-state index in [2.05, 4.69) is 10.6 Å². The molecule has 0 aromatic heterocycles. The highest BCUT2D eigenvalue weighted by molar-refractivity contribution is 5.93. The molecule has 2 saturated heterocycles. The molecule has 3 rings (SSSR count). The number of carbonyl (C=O) groups is 2. The van der Waals surface area contributed by atoms with Crippen molar-refractivity contribution in [3.05, 3.63) is 35.4 Å². The van der Waals surface area contributed by atoms with Crippen molar-refractivity contribution < 1.29 is 28.5 Å². The number of ether oxygens (including phenoxy) is 4. The van der Waals surface area contributed by atoms with Crippen molar-refractivity contribution in [3.8, 4) is 0 Å². The highest BCUT2D eigenvalue weighted by Gasteiger charge is 2.17. The van der Waals surface area contributed by atoms with Gasteiger partial charge < -0.3 is 18.9 Å². The molecule has 0 saturated carbocycles.